The predicted molar refractivity (Wildman–Crippen MR) is 64.0 cm³/mol. The fourth-order valence-corrected chi connectivity index (χ4v) is 1.96. The van der Waals surface area contributed by atoms with E-state index < -0.39 is 0 Å². The Morgan fingerprint density at radius 1 is 1.47 bits per heavy atom. The van der Waals surface area contributed by atoms with Gasteiger partial charge in [0, 0.05) is 25.2 Å². The number of nitrogens with zero attached hydrogens (tertiary/aromatic N) is 1. The van der Waals surface area contributed by atoms with E-state index in [0.717, 1.165) is 32.6 Å². The maximum atomic E-state index is 9.41. The number of hydrogen-bond donors (Lipinski definition) is 2. The molecule has 3 heteroatoms. The van der Waals surface area contributed by atoms with Crippen LogP contribution >= 0.6 is 0 Å². The molecule has 1 aliphatic heterocycles. The summed E-state index contributed by atoms with van der Waals surface area (Å²) in [5, 5.41) is 12.9. The first-order valence-corrected chi connectivity index (χ1v) is 6.02. The second-order valence-corrected chi connectivity index (χ2v) is 5.94. The van der Waals surface area contributed by atoms with E-state index in [1.165, 1.54) is 0 Å². The standard InChI is InChI=1S/C12H26N2O/c1-10(7-13-12(2,3)4)8-14-6-5-11(15)9-14/h10-11,13,15H,5-9H2,1-4H3. The van der Waals surface area contributed by atoms with Gasteiger partial charge in [0.1, 0.15) is 0 Å². The van der Waals surface area contributed by atoms with Crippen molar-refractivity contribution in [3.05, 3.63) is 0 Å². The normalized spacial score (nSPS) is 25.8. The zero-order valence-electron chi connectivity index (χ0n) is 10.6. The fourth-order valence-electron chi connectivity index (χ4n) is 1.96. The van der Waals surface area contributed by atoms with Gasteiger partial charge in [0.05, 0.1) is 6.10 Å². The van der Waals surface area contributed by atoms with E-state index in [9.17, 15) is 5.11 Å². The molecule has 15 heavy (non-hydrogen) atoms. The van der Waals surface area contributed by atoms with E-state index in [2.05, 4.69) is 37.9 Å². The third-order valence-corrected chi connectivity index (χ3v) is 2.80. The highest BCUT2D eigenvalue weighted by atomic mass is 16.3. The Morgan fingerprint density at radius 3 is 2.60 bits per heavy atom. The van der Waals surface area contributed by atoms with Crippen LogP contribution in [0.4, 0.5) is 0 Å². The molecule has 3 nitrogen and oxygen atoms in total. The average Bonchev–Trinajstić information content (AvgIpc) is 2.47. The van der Waals surface area contributed by atoms with Crippen LogP contribution in [0.3, 0.4) is 0 Å². The van der Waals surface area contributed by atoms with E-state index in [4.69, 9.17) is 0 Å². The molecule has 0 aromatic heterocycles. The third-order valence-electron chi connectivity index (χ3n) is 2.80. The highest BCUT2D eigenvalue weighted by molar-refractivity contribution is 4.78. The monoisotopic (exact) mass is 214 g/mol. The summed E-state index contributed by atoms with van der Waals surface area (Å²) in [6.07, 6.45) is 0.854. The number of likely N-dealkylation sites (tertiary alicyclic amines) is 1. The first-order valence-electron chi connectivity index (χ1n) is 6.02. The lowest BCUT2D eigenvalue weighted by Gasteiger charge is -2.26. The molecule has 1 aliphatic rings. The largest absolute Gasteiger partial charge is 0.392 e. The lowest BCUT2D eigenvalue weighted by molar-refractivity contribution is 0.170. The maximum Gasteiger partial charge on any atom is 0.0679 e. The summed E-state index contributed by atoms with van der Waals surface area (Å²) in [6, 6.07) is 0. The van der Waals surface area contributed by atoms with Gasteiger partial charge in [-0.15, -0.1) is 0 Å². The number of aliphatic hydroxyl groups is 1. The second-order valence-electron chi connectivity index (χ2n) is 5.94. The van der Waals surface area contributed by atoms with Gasteiger partial charge in [0.2, 0.25) is 0 Å². The molecule has 0 aliphatic carbocycles. The van der Waals surface area contributed by atoms with E-state index in [0.29, 0.717) is 5.92 Å². The van der Waals surface area contributed by atoms with Gasteiger partial charge in [-0.25, -0.2) is 0 Å². The van der Waals surface area contributed by atoms with Gasteiger partial charge in [-0.1, -0.05) is 6.92 Å². The van der Waals surface area contributed by atoms with Gasteiger partial charge >= 0.3 is 0 Å². The molecule has 2 atom stereocenters. The third kappa shape index (κ3) is 5.50. The van der Waals surface area contributed by atoms with Gasteiger partial charge in [-0.3, -0.25) is 0 Å². The minimum absolute atomic E-state index is 0.0900. The molecule has 0 amide bonds. The Morgan fingerprint density at radius 2 is 2.13 bits per heavy atom. The smallest absolute Gasteiger partial charge is 0.0679 e. The molecule has 1 saturated heterocycles. The van der Waals surface area contributed by atoms with Crippen molar-refractivity contribution in [3.8, 4) is 0 Å². The van der Waals surface area contributed by atoms with Crippen molar-refractivity contribution in [1.82, 2.24) is 10.2 Å². The topological polar surface area (TPSA) is 35.5 Å². The Hall–Kier alpha value is -0.120. The van der Waals surface area contributed by atoms with Crippen molar-refractivity contribution in [2.45, 2.75) is 45.8 Å². The number of β-amino-alcohol motifs (C(OH)–C–C–N with tert-alkyl or cyclic N) is 1. The summed E-state index contributed by atoms with van der Waals surface area (Å²) in [6.45, 7) is 12.9. The van der Waals surface area contributed by atoms with Crippen LogP contribution in [0.2, 0.25) is 0 Å². The zero-order valence-corrected chi connectivity index (χ0v) is 10.6. The van der Waals surface area contributed by atoms with E-state index in [1.54, 1.807) is 0 Å². The molecule has 1 fully saturated rings. The summed E-state index contributed by atoms with van der Waals surface area (Å²) in [5.74, 6) is 0.648. The van der Waals surface area contributed by atoms with Crippen LogP contribution in [0.1, 0.15) is 34.1 Å². The minimum Gasteiger partial charge on any atom is -0.392 e. The van der Waals surface area contributed by atoms with Crippen LogP contribution in [-0.4, -0.2) is 47.8 Å². The Balaban J connectivity index is 2.16. The van der Waals surface area contributed by atoms with Crippen LogP contribution in [0.5, 0.6) is 0 Å². The molecule has 90 valence electrons. The van der Waals surface area contributed by atoms with Gasteiger partial charge in [-0.2, -0.15) is 0 Å². The van der Waals surface area contributed by atoms with Crippen molar-refractivity contribution >= 4 is 0 Å². The molecular weight excluding hydrogens is 188 g/mol. The van der Waals surface area contributed by atoms with Crippen molar-refractivity contribution in [1.29, 1.82) is 0 Å². The molecular formula is C12H26N2O. The highest BCUT2D eigenvalue weighted by Crippen LogP contribution is 2.11. The van der Waals surface area contributed by atoms with Crippen molar-refractivity contribution in [2.75, 3.05) is 26.2 Å². The van der Waals surface area contributed by atoms with Crippen LogP contribution < -0.4 is 5.32 Å². The molecule has 0 spiro atoms. The molecule has 2 unspecified atom stereocenters. The first kappa shape index (κ1) is 12.9. The molecule has 0 radical (unpaired) electrons. The number of hydrogen-bond acceptors (Lipinski definition) is 3. The van der Waals surface area contributed by atoms with Crippen molar-refractivity contribution in [3.63, 3.8) is 0 Å². The predicted octanol–water partition coefficient (Wildman–Crippen LogP) is 1.08. The summed E-state index contributed by atoms with van der Waals surface area (Å²) >= 11 is 0. The summed E-state index contributed by atoms with van der Waals surface area (Å²) in [4.78, 5) is 2.36. The maximum absolute atomic E-state index is 9.41. The van der Waals surface area contributed by atoms with Crippen LogP contribution in [0.15, 0.2) is 0 Å². The van der Waals surface area contributed by atoms with Gasteiger partial charge in [0.25, 0.3) is 0 Å². The molecule has 2 N–H and O–H groups in total. The average molecular weight is 214 g/mol. The van der Waals surface area contributed by atoms with Crippen LogP contribution in [0.25, 0.3) is 0 Å². The Kier molecular flexibility index (Phi) is 4.56. The van der Waals surface area contributed by atoms with Gasteiger partial charge < -0.3 is 15.3 Å². The van der Waals surface area contributed by atoms with E-state index >= 15 is 0 Å². The number of rotatable bonds is 4. The van der Waals surface area contributed by atoms with Crippen LogP contribution in [0, 0.1) is 5.92 Å². The van der Waals surface area contributed by atoms with E-state index in [-0.39, 0.29) is 11.6 Å². The minimum atomic E-state index is -0.0900. The first-order chi connectivity index (χ1) is 6.87. The van der Waals surface area contributed by atoms with Crippen molar-refractivity contribution < 1.29 is 5.11 Å². The van der Waals surface area contributed by atoms with E-state index in [1.807, 2.05) is 0 Å². The van der Waals surface area contributed by atoms with Crippen molar-refractivity contribution in [2.24, 2.45) is 5.92 Å². The Labute approximate surface area is 93.9 Å². The lowest BCUT2D eigenvalue weighted by atomic mass is 10.1. The summed E-state index contributed by atoms with van der Waals surface area (Å²) < 4.78 is 0. The SMILES string of the molecule is CC(CNC(C)(C)C)CN1CCC(O)C1. The lowest BCUT2D eigenvalue weighted by Crippen LogP contribution is -2.41. The quantitative estimate of drug-likeness (QED) is 0.735. The zero-order chi connectivity index (χ0) is 11.5. The summed E-state index contributed by atoms with van der Waals surface area (Å²) in [7, 11) is 0. The van der Waals surface area contributed by atoms with Gasteiger partial charge in [0.15, 0.2) is 0 Å². The Bertz CT molecular complexity index is 189. The molecule has 0 bridgehead atoms. The number of aliphatic hydroxyl groups excluding tert-OH is 1. The highest BCUT2D eigenvalue weighted by Gasteiger charge is 2.21. The molecule has 0 aromatic rings. The second kappa shape index (κ2) is 5.28. The molecule has 1 rings (SSSR count). The molecule has 0 saturated carbocycles. The molecule has 1 heterocycles. The summed E-state index contributed by atoms with van der Waals surface area (Å²) in [5.41, 5.74) is 0.207. The van der Waals surface area contributed by atoms with Gasteiger partial charge in [-0.05, 0) is 39.7 Å². The van der Waals surface area contributed by atoms with Crippen LogP contribution in [-0.2, 0) is 0 Å². The number of nitrogens with one attached hydrogen (secondary N) is 1. The fraction of sp³-hybridized carbons (Fsp3) is 1.00. The molecule has 0 aromatic carbocycles.